The molecule has 1 fully saturated rings. The SMILES string of the molecule is CCNCC1CCN(C(=O)c2ccc(C(F)(F)F)cc2[N+](=O)[O-])CC1.Cl. The normalized spacial score (nSPS) is 15.5. The maximum absolute atomic E-state index is 12.7. The van der Waals surface area contributed by atoms with Crippen LogP contribution in [-0.2, 0) is 6.18 Å². The van der Waals surface area contributed by atoms with Crippen molar-refractivity contribution >= 4 is 24.0 Å². The van der Waals surface area contributed by atoms with Crippen molar-refractivity contribution in [3.05, 3.63) is 39.4 Å². The van der Waals surface area contributed by atoms with Gasteiger partial charge < -0.3 is 10.2 Å². The third kappa shape index (κ3) is 5.31. The minimum Gasteiger partial charge on any atom is -0.338 e. The summed E-state index contributed by atoms with van der Waals surface area (Å²) in [6.07, 6.45) is -3.18. The summed E-state index contributed by atoms with van der Waals surface area (Å²) < 4.78 is 38.2. The summed E-state index contributed by atoms with van der Waals surface area (Å²) in [7, 11) is 0. The average molecular weight is 396 g/mol. The molecule has 0 aliphatic carbocycles. The van der Waals surface area contributed by atoms with Gasteiger partial charge in [-0.3, -0.25) is 14.9 Å². The molecule has 10 heteroatoms. The molecule has 1 N–H and O–H groups in total. The highest BCUT2D eigenvalue weighted by Crippen LogP contribution is 2.33. The van der Waals surface area contributed by atoms with Crippen LogP contribution in [0, 0.1) is 16.0 Å². The van der Waals surface area contributed by atoms with Crippen molar-refractivity contribution in [2.45, 2.75) is 25.9 Å². The number of carbonyl (C=O) groups excluding carboxylic acids is 1. The quantitative estimate of drug-likeness (QED) is 0.611. The monoisotopic (exact) mass is 395 g/mol. The van der Waals surface area contributed by atoms with Crippen molar-refractivity contribution in [1.82, 2.24) is 10.2 Å². The van der Waals surface area contributed by atoms with Gasteiger partial charge in [-0.05, 0) is 44.0 Å². The average Bonchev–Trinajstić information content (AvgIpc) is 2.58. The topological polar surface area (TPSA) is 75.5 Å². The summed E-state index contributed by atoms with van der Waals surface area (Å²) >= 11 is 0. The van der Waals surface area contributed by atoms with Crippen molar-refractivity contribution in [3.63, 3.8) is 0 Å². The van der Waals surface area contributed by atoms with E-state index in [1.165, 1.54) is 4.90 Å². The minimum atomic E-state index is -4.70. The Bertz CT molecular complexity index is 647. The Morgan fingerprint density at radius 2 is 1.96 bits per heavy atom. The van der Waals surface area contributed by atoms with E-state index in [0.717, 1.165) is 32.0 Å². The second kappa shape index (κ2) is 9.18. The highest BCUT2D eigenvalue weighted by molar-refractivity contribution is 5.98. The molecule has 0 saturated carbocycles. The Balaban J connectivity index is 0.00000338. The number of nitro groups is 1. The highest BCUT2D eigenvalue weighted by Gasteiger charge is 2.35. The molecule has 146 valence electrons. The summed E-state index contributed by atoms with van der Waals surface area (Å²) in [4.78, 5) is 24.2. The van der Waals surface area contributed by atoms with Gasteiger partial charge in [-0.25, -0.2) is 0 Å². The third-order valence-electron chi connectivity index (χ3n) is 4.34. The van der Waals surface area contributed by atoms with E-state index in [2.05, 4.69) is 5.32 Å². The summed E-state index contributed by atoms with van der Waals surface area (Å²) in [5.41, 5.74) is -2.25. The molecule has 0 radical (unpaired) electrons. The summed E-state index contributed by atoms with van der Waals surface area (Å²) in [5, 5.41) is 14.4. The van der Waals surface area contributed by atoms with Gasteiger partial charge in [-0.2, -0.15) is 13.2 Å². The van der Waals surface area contributed by atoms with Crippen LogP contribution >= 0.6 is 12.4 Å². The smallest absolute Gasteiger partial charge is 0.338 e. The first-order valence-corrected chi connectivity index (χ1v) is 8.09. The molecule has 1 aromatic rings. The lowest BCUT2D eigenvalue weighted by molar-refractivity contribution is -0.385. The van der Waals surface area contributed by atoms with Crippen LogP contribution in [0.1, 0.15) is 35.7 Å². The van der Waals surface area contributed by atoms with Crippen LogP contribution in [0.3, 0.4) is 0 Å². The number of amides is 1. The molecule has 0 unspecified atom stereocenters. The summed E-state index contributed by atoms with van der Waals surface area (Å²) in [6, 6.07) is 2.03. The van der Waals surface area contributed by atoms with E-state index < -0.39 is 28.3 Å². The van der Waals surface area contributed by atoms with Crippen LogP contribution in [0.5, 0.6) is 0 Å². The largest absolute Gasteiger partial charge is 0.416 e. The number of nitrogens with zero attached hydrogens (tertiary/aromatic N) is 2. The Kier molecular flexibility index (Phi) is 7.83. The standard InChI is InChI=1S/C16H20F3N3O3.ClH/c1-2-20-10-11-5-7-21(8-6-11)15(23)13-4-3-12(16(17,18)19)9-14(13)22(24)25;/h3-4,9,11,20H,2,5-8,10H2,1H3;1H. The number of carbonyl (C=O) groups is 1. The molecule has 0 aromatic heterocycles. The van der Waals surface area contributed by atoms with Gasteiger partial charge in [-0.15, -0.1) is 12.4 Å². The van der Waals surface area contributed by atoms with Crippen LogP contribution < -0.4 is 5.32 Å². The maximum atomic E-state index is 12.7. The molecular formula is C16H21ClF3N3O3. The predicted molar refractivity (Wildman–Crippen MR) is 92.5 cm³/mol. The molecule has 1 aliphatic heterocycles. The van der Waals surface area contributed by atoms with Crippen LogP contribution in [0.2, 0.25) is 0 Å². The molecule has 1 saturated heterocycles. The van der Waals surface area contributed by atoms with Gasteiger partial charge in [0.2, 0.25) is 0 Å². The van der Waals surface area contributed by atoms with E-state index in [4.69, 9.17) is 0 Å². The lowest BCUT2D eigenvalue weighted by Crippen LogP contribution is -2.41. The Morgan fingerprint density at radius 1 is 1.35 bits per heavy atom. The summed E-state index contributed by atoms with van der Waals surface area (Å²) in [5.74, 6) is -0.172. The number of rotatable bonds is 5. The molecule has 1 heterocycles. The van der Waals surface area contributed by atoms with E-state index in [0.29, 0.717) is 31.1 Å². The van der Waals surface area contributed by atoms with Crippen molar-refractivity contribution in [3.8, 4) is 0 Å². The fraction of sp³-hybridized carbons (Fsp3) is 0.562. The van der Waals surface area contributed by atoms with Crippen LogP contribution in [-0.4, -0.2) is 41.9 Å². The number of piperidine rings is 1. The second-order valence-corrected chi connectivity index (χ2v) is 6.03. The molecule has 6 nitrogen and oxygen atoms in total. The van der Waals surface area contributed by atoms with Gasteiger partial charge in [0.05, 0.1) is 10.5 Å². The van der Waals surface area contributed by atoms with Gasteiger partial charge in [0.1, 0.15) is 5.56 Å². The van der Waals surface area contributed by atoms with Crippen LogP contribution in [0.25, 0.3) is 0 Å². The Hall–Kier alpha value is -1.87. The number of nitrogens with one attached hydrogen (secondary N) is 1. The maximum Gasteiger partial charge on any atom is 0.416 e. The third-order valence-corrected chi connectivity index (χ3v) is 4.34. The number of alkyl halides is 3. The number of benzene rings is 1. The highest BCUT2D eigenvalue weighted by atomic mass is 35.5. The molecule has 26 heavy (non-hydrogen) atoms. The van der Waals surface area contributed by atoms with E-state index >= 15 is 0 Å². The fourth-order valence-electron chi connectivity index (χ4n) is 2.90. The predicted octanol–water partition coefficient (Wildman–Crippen LogP) is 3.50. The van der Waals surface area contributed by atoms with E-state index in [1.807, 2.05) is 6.92 Å². The molecule has 2 rings (SSSR count). The molecule has 0 bridgehead atoms. The lowest BCUT2D eigenvalue weighted by atomic mass is 9.96. The van der Waals surface area contributed by atoms with E-state index in [1.54, 1.807) is 0 Å². The van der Waals surface area contributed by atoms with Crippen molar-refractivity contribution in [2.75, 3.05) is 26.2 Å². The summed E-state index contributed by atoms with van der Waals surface area (Å²) in [6.45, 7) is 4.58. The van der Waals surface area contributed by atoms with Crippen molar-refractivity contribution in [2.24, 2.45) is 5.92 Å². The zero-order chi connectivity index (χ0) is 18.6. The molecule has 0 spiro atoms. The van der Waals surface area contributed by atoms with Gasteiger partial charge >= 0.3 is 6.18 Å². The second-order valence-electron chi connectivity index (χ2n) is 6.03. The fourth-order valence-corrected chi connectivity index (χ4v) is 2.90. The number of hydrogen-bond acceptors (Lipinski definition) is 4. The molecular weight excluding hydrogens is 375 g/mol. The van der Waals surface area contributed by atoms with Gasteiger partial charge in [0, 0.05) is 19.2 Å². The first-order valence-electron chi connectivity index (χ1n) is 8.09. The van der Waals surface area contributed by atoms with Crippen molar-refractivity contribution < 1.29 is 22.9 Å². The Morgan fingerprint density at radius 3 is 2.46 bits per heavy atom. The van der Waals surface area contributed by atoms with Gasteiger partial charge in [0.15, 0.2) is 0 Å². The Labute approximate surface area is 155 Å². The molecule has 1 aliphatic rings. The number of halogens is 4. The molecule has 1 aromatic carbocycles. The number of likely N-dealkylation sites (tertiary alicyclic amines) is 1. The zero-order valence-electron chi connectivity index (χ0n) is 14.2. The van der Waals surface area contributed by atoms with Crippen LogP contribution in [0.15, 0.2) is 18.2 Å². The number of hydrogen-bond donors (Lipinski definition) is 1. The van der Waals surface area contributed by atoms with Gasteiger partial charge in [-0.1, -0.05) is 6.92 Å². The molecule has 0 atom stereocenters. The van der Waals surface area contributed by atoms with E-state index in [-0.39, 0.29) is 18.0 Å². The first-order chi connectivity index (χ1) is 11.7. The first kappa shape index (κ1) is 22.2. The number of nitro benzene ring substituents is 1. The lowest BCUT2D eigenvalue weighted by Gasteiger charge is -2.32. The molecule has 1 amide bonds. The zero-order valence-corrected chi connectivity index (χ0v) is 15.0. The van der Waals surface area contributed by atoms with Crippen LogP contribution in [0.4, 0.5) is 18.9 Å². The van der Waals surface area contributed by atoms with Crippen molar-refractivity contribution in [1.29, 1.82) is 0 Å². The van der Waals surface area contributed by atoms with Gasteiger partial charge in [0.25, 0.3) is 11.6 Å². The minimum absolute atomic E-state index is 0. The van der Waals surface area contributed by atoms with E-state index in [9.17, 15) is 28.1 Å².